The van der Waals surface area contributed by atoms with Crippen LogP contribution >= 0.6 is 0 Å². The number of carbonyl (C=O) groups is 2. The Morgan fingerprint density at radius 2 is 1.62 bits per heavy atom. The Labute approximate surface area is 290 Å². The van der Waals surface area contributed by atoms with Crippen LogP contribution in [0.1, 0.15) is 51.3 Å². The third-order valence-corrected chi connectivity index (χ3v) is 8.97. The number of anilines is 1. The lowest BCUT2D eigenvalue weighted by molar-refractivity contribution is -0.143. The number of benzene rings is 3. The number of methoxy groups -OCH3 is 1. The van der Waals surface area contributed by atoms with Crippen molar-refractivity contribution in [3.8, 4) is 28.0 Å². The molecule has 0 spiro atoms. The number of cyclic esters (lactones) is 1. The molecule has 2 saturated heterocycles. The normalized spacial score (nSPS) is 18.0. The van der Waals surface area contributed by atoms with Gasteiger partial charge in [-0.2, -0.15) is 26.3 Å². The fourth-order valence-electron chi connectivity index (χ4n) is 6.20. The summed E-state index contributed by atoms with van der Waals surface area (Å²) in [7, 11) is 1.27. The van der Waals surface area contributed by atoms with Gasteiger partial charge in [0.15, 0.2) is 0 Å². The van der Waals surface area contributed by atoms with Gasteiger partial charge in [0.2, 0.25) is 5.95 Å². The van der Waals surface area contributed by atoms with E-state index in [4.69, 9.17) is 9.47 Å². The second-order valence-corrected chi connectivity index (χ2v) is 12.4. The molecule has 1 N–H and O–H groups in total. The van der Waals surface area contributed by atoms with Crippen molar-refractivity contribution >= 4 is 18.0 Å². The predicted octanol–water partition coefficient (Wildman–Crippen LogP) is 8.24. The molecule has 1 aromatic heterocycles. The van der Waals surface area contributed by atoms with Crippen LogP contribution in [-0.2, 0) is 23.6 Å². The van der Waals surface area contributed by atoms with E-state index in [1.54, 1.807) is 6.92 Å². The quantitative estimate of drug-likeness (QED) is 0.181. The average Bonchev–Trinajstić information content (AvgIpc) is 3.34. The summed E-state index contributed by atoms with van der Waals surface area (Å²) in [5.74, 6) is -1.83. The Bertz CT molecular complexity index is 2030. The van der Waals surface area contributed by atoms with Gasteiger partial charge in [-0.3, -0.25) is 4.90 Å². The molecule has 1 amide bonds. The van der Waals surface area contributed by atoms with Gasteiger partial charge in [-0.1, -0.05) is 6.07 Å². The molecule has 0 bridgehead atoms. The van der Waals surface area contributed by atoms with Crippen molar-refractivity contribution in [2.75, 3.05) is 25.1 Å². The highest BCUT2D eigenvalue weighted by atomic mass is 19.4. The maximum absolute atomic E-state index is 15.6. The molecule has 274 valence electrons. The number of hydrogen-bond acceptors (Lipinski definition) is 7. The number of carbonyl (C=O) groups excluding carboxylic acids is 1. The van der Waals surface area contributed by atoms with Gasteiger partial charge in [-0.15, -0.1) is 0 Å². The van der Waals surface area contributed by atoms with Crippen molar-refractivity contribution in [3.05, 3.63) is 94.1 Å². The largest absolute Gasteiger partial charge is 0.496 e. The maximum Gasteiger partial charge on any atom is 0.416 e. The Kier molecular flexibility index (Phi) is 9.25. The van der Waals surface area contributed by atoms with Crippen molar-refractivity contribution in [3.63, 3.8) is 0 Å². The van der Waals surface area contributed by atoms with Crippen LogP contribution in [0.3, 0.4) is 0 Å². The number of carboxylic acid groups (broad SMARTS) is 1. The first kappa shape index (κ1) is 36.3. The molecule has 2 aliphatic rings. The molecule has 2 unspecified atom stereocenters. The van der Waals surface area contributed by atoms with Crippen LogP contribution in [0.15, 0.2) is 54.7 Å². The first-order valence-corrected chi connectivity index (χ1v) is 15.6. The molecule has 0 radical (unpaired) electrons. The van der Waals surface area contributed by atoms with Crippen LogP contribution in [0.2, 0.25) is 0 Å². The number of amides is 1. The Hall–Kier alpha value is -5.48. The van der Waals surface area contributed by atoms with E-state index in [1.165, 1.54) is 49.4 Å². The molecule has 3 heterocycles. The third kappa shape index (κ3) is 6.90. The number of halogens is 8. The molecule has 2 aliphatic heterocycles. The molecule has 0 aliphatic carbocycles. The summed E-state index contributed by atoms with van der Waals surface area (Å²) in [6.45, 7) is 2.50. The van der Waals surface area contributed by atoms with Crippen molar-refractivity contribution < 1.29 is 59.3 Å². The van der Waals surface area contributed by atoms with Crippen LogP contribution in [0, 0.1) is 12.7 Å². The molecule has 2 fully saturated rings. The van der Waals surface area contributed by atoms with Crippen molar-refractivity contribution in [1.29, 1.82) is 0 Å². The van der Waals surface area contributed by atoms with Crippen molar-refractivity contribution in [1.82, 2.24) is 14.9 Å². The second kappa shape index (κ2) is 13.2. The van der Waals surface area contributed by atoms with Gasteiger partial charge >= 0.3 is 24.4 Å². The zero-order valence-corrected chi connectivity index (χ0v) is 27.4. The summed E-state index contributed by atoms with van der Waals surface area (Å²) >= 11 is 0. The molecule has 0 saturated carbocycles. The van der Waals surface area contributed by atoms with Gasteiger partial charge in [0, 0.05) is 29.0 Å². The Balaban J connectivity index is 1.43. The first-order chi connectivity index (χ1) is 24.3. The molecule has 3 aromatic carbocycles. The second-order valence-electron chi connectivity index (χ2n) is 12.4. The fourth-order valence-corrected chi connectivity index (χ4v) is 6.20. The van der Waals surface area contributed by atoms with Crippen LogP contribution in [0.4, 0.5) is 45.9 Å². The van der Waals surface area contributed by atoms with Crippen LogP contribution < -0.4 is 9.64 Å². The highest BCUT2D eigenvalue weighted by Gasteiger charge is 2.44. The number of aryl methyl sites for hydroxylation is 1. The minimum Gasteiger partial charge on any atom is -0.496 e. The average molecular weight is 737 g/mol. The van der Waals surface area contributed by atoms with Gasteiger partial charge in [-0.05, 0) is 66.9 Å². The number of aromatic nitrogens is 2. The molecule has 4 aromatic rings. The van der Waals surface area contributed by atoms with Gasteiger partial charge in [0.05, 0.1) is 55.2 Å². The van der Waals surface area contributed by atoms with Crippen LogP contribution in [0.5, 0.6) is 5.75 Å². The highest BCUT2D eigenvalue weighted by molar-refractivity contribution is 5.89. The predicted molar refractivity (Wildman–Crippen MR) is 169 cm³/mol. The topological polar surface area (TPSA) is 105 Å². The Morgan fingerprint density at radius 3 is 2.17 bits per heavy atom. The third-order valence-electron chi connectivity index (χ3n) is 8.97. The molecule has 17 heteroatoms. The highest BCUT2D eigenvalue weighted by Crippen LogP contribution is 2.43. The number of alkyl halides is 7. The van der Waals surface area contributed by atoms with E-state index >= 15 is 4.39 Å². The SMILES string of the molecule is COc1cc(F)c(-c2ccc(C(=O)O)cc2C)cc1-c1cnc(N2CC(F)C2)nc1CN1C(=O)OC(c2cc(C(F)(F)F)cc(C(F)(F)F)c2)C1C. The fraction of sp³-hybridized carbons (Fsp3) is 0.314. The van der Waals surface area contributed by atoms with E-state index in [9.17, 15) is 45.4 Å². The molecule has 6 rings (SSSR count). The lowest BCUT2D eigenvalue weighted by atomic mass is 9.93. The molecule has 52 heavy (non-hydrogen) atoms. The van der Waals surface area contributed by atoms with Crippen LogP contribution in [0.25, 0.3) is 22.3 Å². The zero-order chi connectivity index (χ0) is 37.9. The van der Waals surface area contributed by atoms with E-state index < -0.39 is 71.8 Å². The number of carboxylic acids is 1. The number of rotatable bonds is 8. The molecule has 2 atom stereocenters. The number of hydrogen-bond donors (Lipinski definition) is 1. The van der Waals surface area contributed by atoms with Crippen molar-refractivity contribution in [2.45, 2.75) is 51.1 Å². The summed E-state index contributed by atoms with van der Waals surface area (Å²) in [6.07, 6.45) is -12.7. The minimum absolute atomic E-state index is 0.00463. The van der Waals surface area contributed by atoms with Crippen LogP contribution in [-0.4, -0.2) is 64.4 Å². The summed E-state index contributed by atoms with van der Waals surface area (Å²) in [5.41, 5.74) is -2.37. The standard InChI is InChI=1S/C35H28F8N4O5/c1-16-6-18(31(48)49)4-5-23(16)24-10-25(29(51-3)11-27(24)37)26-12-44-32(46-13-22(36)14-46)45-28(26)15-47-17(2)30(52-33(47)50)19-7-20(34(38,39)40)9-21(8-19)35(41,42)43/h4-12,17,22,30H,13-15H2,1-3H3,(H,48,49). The van der Waals surface area contributed by atoms with E-state index in [0.717, 1.165) is 11.0 Å². The Morgan fingerprint density at radius 1 is 0.962 bits per heavy atom. The number of aromatic carboxylic acids is 1. The van der Waals surface area contributed by atoms with Gasteiger partial charge in [-0.25, -0.2) is 28.3 Å². The van der Waals surface area contributed by atoms with Crippen molar-refractivity contribution in [2.24, 2.45) is 0 Å². The lowest BCUT2D eigenvalue weighted by Gasteiger charge is -2.34. The van der Waals surface area contributed by atoms with Gasteiger partial charge in [0.25, 0.3) is 0 Å². The minimum atomic E-state index is -5.13. The summed E-state index contributed by atoms with van der Waals surface area (Å²) in [6, 6.07) is 6.45. The smallest absolute Gasteiger partial charge is 0.416 e. The zero-order valence-electron chi connectivity index (χ0n) is 27.4. The lowest BCUT2D eigenvalue weighted by Crippen LogP contribution is -2.49. The maximum atomic E-state index is 15.6. The van der Waals surface area contributed by atoms with E-state index in [2.05, 4.69) is 9.97 Å². The number of nitrogens with zero attached hydrogens (tertiary/aromatic N) is 4. The monoisotopic (exact) mass is 736 g/mol. The van der Waals surface area contributed by atoms with E-state index in [-0.39, 0.29) is 58.8 Å². The van der Waals surface area contributed by atoms with Gasteiger partial charge < -0.3 is 19.5 Å². The summed E-state index contributed by atoms with van der Waals surface area (Å²) in [4.78, 5) is 36.2. The van der Waals surface area contributed by atoms with E-state index in [0.29, 0.717) is 23.3 Å². The summed E-state index contributed by atoms with van der Waals surface area (Å²) < 4.78 is 122. The first-order valence-electron chi connectivity index (χ1n) is 15.6. The van der Waals surface area contributed by atoms with Gasteiger partial charge in [0.1, 0.15) is 23.8 Å². The summed E-state index contributed by atoms with van der Waals surface area (Å²) in [5, 5.41) is 9.38. The molecule has 9 nitrogen and oxygen atoms in total. The molecular formula is C35H28F8N4O5. The van der Waals surface area contributed by atoms with E-state index in [1.807, 2.05) is 0 Å². The number of ether oxygens (including phenoxy) is 2. The molecular weight excluding hydrogens is 708 g/mol.